The molecule has 130 valence electrons. The van der Waals surface area contributed by atoms with Gasteiger partial charge in [-0.2, -0.15) is 5.10 Å². The average Bonchev–Trinajstić information content (AvgIpc) is 3.10. The second-order valence-electron chi connectivity index (χ2n) is 5.58. The predicted molar refractivity (Wildman–Crippen MR) is 86.8 cm³/mol. The molecule has 0 saturated carbocycles. The molecule has 0 aliphatic carbocycles. The van der Waals surface area contributed by atoms with Gasteiger partial charge in [0.15, 0.2) is 0 Å². The minimum Gasteiger partial charge on any atom is -0.354 e. The predicted octanol–water partition coefficient (Wildman–Crippen LogP) is -0.0650. The summed E-state index contributed by atoms with van der Waals surface area (Å²) in [6.45, 7) is 1.76. The number of carbonyl (C=O) groups is 3. The van der Waals surface area contributed by atoms with Crippen molar-refractivity contribution in [3.05, 3.63) is 35.0 Å². The number of hydrogen-bond acceptors (Lipinski definition) is 6. The van der Waals surface area contributed by atoms with Crippen molar-refractivity contribution in [3.63, 3.8) is 0 Å². The van der Waals surface area contributed by atoms with Crippen molar-refractivity contribution in [2.24, 2.45) is 0 Å². The number of rotatable bonds is 4. The summed E-state index contributed by atoms with van der Waals surface area (Å²) in [5.74, 6) is -0.474. The highest BCUT2D eigenvalue weighted by Gasteiger charge is 2.24. The highest BCUT2D eigenvalue weighted by Crippen LogP contribution is 2.22. The lowest BCUT2D eigenvalue weighted by Crippen LogP contribution is -2.31. The maximum Gasteiger partial charge on any atom is 0.271 e. The van der Waals surface area contributed by atoms with E-state index in [0.717, 1.165) is 0 Å². The molecule has 0 radical (unpaired) electrons. The van der Waals surface area contributed by atoms with E-state index in [2.05, 4.69) is 36.1 Å². The zero-order valence-electron chi connectivity index (χ0n) is 13.7. The number of fused-ring (bicyclic) bond motifs is 1. The molecule has 2 aromatic rings. The zero-order valence-corrected chi connectivity index (χ0v) is 13.7. The quantitative estimate of drug-likeness (QED) is 0.612. The fourth-order valence-electron chi connectivity index (χ4n) is 2.53. The van der Waals surface area contributed by atoms with Crippen LogP contribution in [0.3, 0.4) is 0 Å². The molecule has 0 unspecified atom stereocenters. The van der Waals surface area contributed by atoms with E-state index < -0.39 is 11.9 Å². The third-order valence-electron chi connectivity index (χ3n) is 3.89. The standard InChI is InChI=1S/C15H17N7O3/c1-7(9-5-10(22-21-9)14(24)16-2)19-15(25)12-8-3-4-11(23)20-13(8)18-6-17-12/h5-7H,3-4H2,1-2H3,(H,16,24)(H,19,25)(H,21,22)(H,17,18,20,23)/t7-/m1/s1. The summed E-state index contributed by atoms with van der Waals surface area (Å²) in [6.07, 6.45) is 1.93. The molecule has 1 aliphatic rings. The van der Waals surface area contributed by atoms with Gasteiger partial charge >= 0.3 is 0 Å². The Labute approximate surface area is 142 Å². The van der Waals surface area contributed by atoms with E-state index in [1.54, 1.807) is 13.0 Å². The van der Waals surface area contributed by atoms with Crippen LogP contribution >= 0.6 is 0 Å². The van der Waals surface area contributed by atoms with Gasteiger partial charge in [-0.15, -0.1) is 0 Å². The Morgan fingerprint density at radius 1 is 1.24 bits per heavy atom. The molecule has 1 atom stereocenters. The van der Waals surface area contributed by atoms with Crippen LogP contribution in [0.1, 0.15) is 51.6 Å². The van der Waals surface area contributed by atoms with Gasteiger partial charge in [0.2, 0.25) is 5.91 Å². The summed E-state index contributed by atoms with van der Waals surface area (Å²) in [4.78, 5) is 43.6. The van der Waals surface area contributed by atoms with Crippen LogP contribution in [0.15, 0.2) is 12.4 Å². The van der Waals surface area contributed by atoms with Crippen molar-refractivity contribution < 1.29 is 14.4 Å². The minimum atomic E-state index is -0.415. The Morgan fingerprint density at radius 2 is 2.04 bits per heavy atom. The van der Waals surface area contributed by atoms with E-state index in [4.69, 9.17) is 0 Å². The lowest BCUT2D eigenvalue weighted by molar-refractivity contribution is -0.116. The first-order valence-corrected chi connectivity index (χ1v) is 7.71. The van der Waals surface area contributed by atoms with Crippen LogP contribution in [0, 0.1) is 0 Å². The van der Waals surface area contributed by atoms with Crippen LogP contribution in [-0.4, -0.2) is 44.9 Å². The first-order chi connectivity index (χ1) is 12.0. The summed E-state index contributed by atoms with van der Waals surface area (Å²) in [7, 11) is 1.51. The molecule has 3 amide bonds. The summed E-state index contributed by atoms with van der Waals surface area (Å²) in [5, 5.41) is 14.5. The van der Waals surface area contributed by atoms with Gasteiger partial charge in [-0.05, 0) is 19.4 Å². The van der Waals surface area contributed by atoms with E-state index in [-0.39, 0.29) is 29.6 Å². The van der Waals surface area contributed by atoms with Crippen LogP contribution < -0.4 is 16.0 Å². The highest BCUT2D eigenvalue weighted by molar-refractivity contribution is 5.99. The molecule has 3 heterocycles. The van der Waals surface area contributed by atoms with Crippen LogP contribution in [0.25, 0.3) is 0 Å². The number of hydrogen-bond donors (Lipinski definition) is 4. The lowest BCUT2D eigenvalue weighted by Gasteiger charge is -2.18. The molecule has 0 spiro atoms. The summed E-state index contributed by atoms with van der Waals surface area (Å²) >= 11 is 0. The Hall–Kier alpha value is -3.30. The molecule has 2 aromatic heterocycles. The van der Waals surface area contributed by atoms with Gasteiger partial charge in [0, 0.05) is 19.0 Å². The fraction of sp³-hybridized carbons (Fsp3) is 0.333. The molecule has 4 N–H and O–H groups in total. The molecule has 0 fully saturated rings. The molecule has 3 rings (SSSR count). The molecular weight excluding hydrogens is 326 g/mol. The number of amides is 3. The number of carbonyl (C=O) groups excluding carboxylic acids is 3. The van der Waals surface area contributed by atoms with Crippen LogP contribution in [0.4, 0.5) is 5.82 Å². The Balaban J connectivity index is 1.76. The molecule has 0 saturated heterocycles. The second kappa shape index (κ2) is 6.67. The molecule has 0 aromatic carbocycles. The van der Waals surface area contributed by atoms with Crippen LogP contribution in [0.2, 0.25) is 0 Å². The van der Waals surface area contributed by atoms with E-state index >= 15 is 0 Å². The van der Waals surface area contributed by atoms with E-state index in [1.807, 2.05) is 0 Å². The number of nitrogens with zero attached hydrogens (tertiary/aromatic N) is 3. The maximum atomic E-state index is 12.6. The third kappa shape index (κ3) is 3.32. The number of aromatic amines is 1. The van der Waals surface area contributed by atoms with Crippen molar-refractivity contribution in [1.82, 2.24) is 30.8 Å². The average molecular weight is 343 g/mol. The smallest absolute Gasteiger partial charge is 0.271 e. The van der Waals surface area contributed by atoms with E-state index in [9.17, 15) is 14.4 Å². The Bertz CT molecular complexity index is 845. The van der Waals surface area contributed by atoms with Gasteiger partial charge in [-0.1, -0.05) is 0 Å². The second-order valence-corrected chi connectivity index (χ2v) is 5.58. The highest BCUT2D eigenvalue weighted by atomic mass is 16.2. The third-order valence-corrected chi connectivity index (χ3v) is 3.89. The van der Waals surface area contributed by atoms with E-state index in [1.165, 1.54) is 13.4 Å². The minimum absolute atomic E-state index is 0.134. The normalized spacial score (nSPS) is 14.2. The van der Waals surface area contributed by atoms with E-state index in [0.29, 0.717) is 23.5 Å². The largest absolute Gasteiger partial charge is 0.354 e. The molecule has 10 heteroatoms. The molecule has 0 bridgehead atoms. The van der Waals surface area contributed by atoms with Crippen molar-refractivity contribution >= 4 is 23.5 Å². The van der Waals surface area contributed by atoms with Crippen molar-refractivity contribution in [1.29, 1.82) is 0 Å². The number of H-pyrrole nitrogens is 1. The fourth-order valence-corrected chi connectivity index (χ4v) is 2.53. The molecule has 25 heavy (non-hydrogen) atoms. The van der Waals surface area contributed by atoms with Gasteiger partial charge in [0.1, 0.15) is 23.5 Å². The summed E-state index contributed by atoms with van der Waals surface area (Å²) < 4.78 is 0. The molecular formula is C15H17N7O3. The van der Waals surface area contributed by atoms with Gasteiger partial charge in [0.05, 0.1) is 11.7 Å². The zero-order chi connectivity index (χ0) is 18.0. The molecule has 1 aliphatic heterocycles. The Morgan fingerprint density at radius 3 is 2.80 bits per heavy atom. The molecule has 10 nitrogen and oxygen atoms in total. The van der Waals surface area contributed by atoms with Crippen molar-refractivity contribution in [2.45, 2.75) is 25.8 Å². The first kappa shape index (κ1) is 16.6. The van der Waals surface area contributed by atoms with Crippen molar-refractivity contribution in [3.8, 4) is 0 Å². The first-order valence-electron chi connectivity index (χ1n) is 7.71. The summed E-state index contributed by atoms with van der Waals surface area (Å²) in [6, 6.07) is 1.15. The number of aromatic nitrogens is 4. The SMILES string of the molecule is CNC(=O)c1cc([C@@H](C)NC(=O)c2ncnc3c2CCC(=O)N3)[nH]n1. The summed E-state index contributed by atoms with van der Waals surface area (Å²) in [5.41, 5.74) is 1.66. The Kier molecular flexibility index (Phi) is 4.42. The van der Waals surface area contributed by atoms with Crippen molar-refractivity contribution in [2.75, 3.05) is 12.4 Å². The van der Waals surface area contributed by atoms with Crippen LogP contribution in [-0.2, 0) is 11.2 Å². The maximum absolute atomic E-state index is 12.6. The van der Waals surface area contributed by atoms with Gasteiger partial charge in [-0.25, -0.2) is 9.97 Å². The number of nitrogens with one attached hydrogen (secondary N) is 4. The number of anilines is 1. The van der Waals surface area contributed by atoms with Crippen LogP contribution in [0.5, 0.6) is 0 Å². The van der Waals surface area contributed by atoms with Gasteiger partial charge < -0.3 is 16.0 Å². The van der Waals surface area contributed by atoms with Gasteiger partial charge in [0.25, 0.3) is 11.8 Å². The topological polar surface area (TPSA) is 142 Å². The monoisotopic (exact) mass is 343 g/mol. The van der Waals surface area contributed by atoms with Gasteiger partial charge in [-0.3, -0.25) is 19.5 Å². The lowest BCUT2D eigenvalue weighted by atomic mass is 10.0.